The number of hydrogen-bond acceptors (Lipinski definition) is 6. The number of thioether (sulfide) groups is 1. The Hall–Kier alpha value is -3.40. The van der Waals surface area contributed by atoms with Gasteiger partial charge >= 0.3 is 0 Å². The normalized spacial score (nSPS) is 12.7. The summed E-state index contributed by atoms with van der Waals surface area (Å²) in [5, 5.41) is 10.7. The summed E-state index contributed by atoms with van der Waals surface area (Å²) < 4.78 is 35.8. The number of hydrogen-bond donors (Lipinski definition) is 0. The fourth-order valence-electron chi connectivity index (χ4n) is 4.14. The molecule has 9 heteroatoms. The van der Waals surface area contributed by atoms with E-state index in [-0.39, 0.29) is 10.1 Å². The van der Waals surface area contributed by atoms with Crippen LogP contribution in [0, 0.1) is 0 Å². The predicted octanol–water partition coefficient (Wildman–Crippen LogP) is 5.64. The third-order valence-electron chi connectivity index (χ3n) is 6.01. The zero-order valence-electron chi connectivity index (χ0n) is 20.0. The summed E-state index contributed by atoms with van der Waals surface area (Å²) in [6, 6.07) is 26.1. The summed E-state index contributed by atoms with van der Waals surface area (Å²) in [5.74, 6) is 0.605. The van der Waals surface area contributed by atoms with Crippen molar-refractivity contribution in [2.45, 2.75) is 28.8 Å². The lowest BCUT2D eigenvalue weighted by atomic mass is 10.1. The van der Waals surface area contributed by atoms with Gasteiger partial charge < -0.3 is 4.74 Å². The Kier molecular flexibility index (Phi) is 6.95. The number of ether oxygens (including phenoxy) is 1. The van der Waals surface area contributed by atoms with Crippen LogP contribution in [0.1, 0.15) is 17.7 Å². The van der Waals surface area contributed by atoms with Crippen molar-refractivity contribution in [2.75, 3.05) is 13.7 Å². The maximum absolute atomic E-state index is 13.6. The van der Waals surface area contributed by atoms with E-state index in [1.54, 1.807) is 55.4 Å². The second-order valence-electron chi connectivity index (χ2n) is 8.30. The lowest BCUT2D eigenvalue weighted by Crippen LogP contribution is -2.11. The molecule has 0 saturated heterocycles. The molecule has 1 atom stereocenters. The van der Waals surface area contributed by atoms with Gasteiger partial charge in [0, 0.05) is 29.5 Å². The quantitative estimate of drug-likeness (QED) is 0.235. The van der Waals surface area contributed by atoms with Crippen LogP contribution in [0.2, 0.25) is 0 Å². The Morgan fingerprint density at radius 2 is 1.58 bits per heavy atom. The van der Waals surface area contributed by atoms with E-state index in [1.165, 1.54) is 9.54 Å². The first-order valence-electron chi connectivity index (χ1n) is 11.6. The van der Waals surface area contributed by atoms with Gasteiger partial charge in [-0.15, -0.1) is 10.2 Å². The SMILES string of the molecule is COCCn1c(SC(C)c2ccccc2)nnc1-c1cn(S(=O)(=O)c2ccccc2)c2ccccc12. The van der Waals surface area contributed by atoms with E-state index in [0.717, 1.165) is 10.5 Å². The fourth-order valence-corrected chi connectivity index (χ4v) is 6.54. The Balaban J connectivity index is 1.62. The molecule has 3 aromatic carbocycles. The summed E-state index contributed by atoms with van der Waals surface area (Å²) in [4.78, 5) is 0.228. The number of para-hydroxylation sites is 1. The molecule has 0 amide bonds. The average Bonchev–Trinajstić information content (AvgIpc) is 3.50. The van der Waals surface area contributed by atoms with E-state index in [2.05, 4.69) is 29.3 Å². The van der Waals surface area contributed by atoms with Crippen molar-refractivity contribution in [1.82, 2.24) is 18.7 Å². The molecule has 0 N–H and O–H groups in total. The minimum absolute atomic E-state index is 0.157. The number of benzene rings is 3. The minimum atomic E-state index is -3.80. The second kappa shape index (κ2) is 10.3. The molecule has 0 aliphatic heterocycles. The van der Waals surface area contributed by atoms with Crippen LogP contribution in [0.3, 0.4) is 0 Å². The van der Waals surface area contributed by atoms with Crippen LogP contribution in [0.4, 0.5) is 0 Å². The number of methoxy groups -OCH3 is 1. The molecule has 2 aromatic heterocycles. The van der Waals surface area contributed by atoms with Crippen LogP contribution < -0.4 is 0 Å². The third kappa shape index (κ3) is 4.57. The molecule has 184 valence electrons. The number of aromatic nitrogens is 4. The molecule has 36 heavy (non-hydrogen) atoms. The van der Waals surface area contributed by atoms with E-state index in [1.807, 2.05) is 47.0 Å². The van der Waals surface area contributed by atoms with Gasteiger partial charge in [-0.2, -0.15) is 0 Å². The largest absolute Gasteiger partial charge is 0.383 e. The van der Waals surface area contributed by atoms with E-state index in [0.29, 0.717) is 30.1 Å². The van der Waals surface area contributed by atoms with Crippen molar-refractivity contribution in [3.05, 3.63) is 96.7 Å². The zero-order valence-corrected chi connectivity index (χ0v) is 21.6. The first kappa shape index (κ1) is 24.3. The van der Waals surface area contributed by atoms with Gasteiger partial charge in [-0.3, -0.25) is 4.57 Å². The Morgan fingerprint density at radius 3 is 2.31 bits per heavy atom. The summed E-state index contributed by atoms with van der Waals surface area (Å²) in [5.41, 5.74) is 2.48. The van der Waals surface area contributed by atoms with E-state index >= 15 is 0 Å². The standard InChI is InChI=1S/C27H26N4O3S2/c1-20(21-11-5-3-6-12-21)35-27-29-28-26(30(27)17-18-34-2)24-19-31(25-16-10-9-15-23(24)25)36(32,33)22-13-7-4-8-14-22/h3-16,19-20H,17-18H2,1-2H3. The van der Waals surface area contributed by atoms with E-state index in [4.69, 9.17) is 4.74 Å². The molecule has 0 aliphatic rings. The maximum atomic E-state index is 13.6. The van der Waals surface area contributed by atoms with Crippen LogP contribution in [-0.4, -0.2) is 40.9 Å². The molecule has 0 radical (unpaired) electrons. The topological polar surface area (TPSA) is 79.0 Å². The molecule has 0 aliphatic carbocycles. The highest BCUT2D eigenvalue weighted by atomic mass is 32.2. The van der Waals surface area contributed by atoms with Crippen LogP contribution >= 0.6 is 11.8 Å². The van der Waals surface area contributed by atoms with Crippen molar-refractivity contribution < 1.29 is 13.2 Å². The first-order valence-corrected chi connectivity index (χ1v) is 13.9. The molecule has 0 saturated carbocycles. The van der Waals surface area contributed by atoms with E-state index in [9.17, 15) is 8.42 Å². The van der Waals surface area contributed by atoms with Gasteiger partial charge in [0.25, 0.3) is 10.0 Å². The van der Waals surface area contributed by atoms with Gasteiger partial charge in [-0.25, -0.2) is 12.4 Å². The summed E-state index contributed by atoms with van der Waals surface area (Å²) >= 11 is 1.61. The highest BCUT2D eigenvalue weighted by molar-refractivity contribution is 7.99. The van der Waals surface area contributed by atoms with Crippen molar-refractivity contribution in [1.29, 1.82) is 0 Å². The lowest BCUT2D eigenvalue weighted by Gasteiger charge is -2.13. The molecule has 1 unspecified atom stereocenters. The smallest absolute Gasteiger partial charge is 0.268 e. The van der Waals surface area contributed by atoms with Crippen molar-refractivity contribution in [3.8, 4) is 11.4 Å². The van der Waals surface area contributed by atoms with Crippen LogP contribution in [0.5, 0.6) is 0 Å². The number of nitrogens with zero attached hydrogens (tertiary/aromatic N) is 4. The minimum Gasteiger partial charge on any atom is -0.383 e. The molecular formula is C27H26N4O3S2. The lowest BCUT2D eigenvalue weighted by molar-refractivity contribution is 0.185. The highest BCUT2D eigenvalue weighted by Gasteiger charge is 2.25. The molecule has 0 bridgehead atoms. The van der Waals surface area contributed by atoms with Crippen LogP contribution in [0.25, 0.3) is 22.3 Å². The molecule has 7 nitrogen and oxygen atoms in total. The van der Waals surface area contributed by atoms with Crippen molar-refractivity contribution in [2.24, 2.45) is 0 Å². The molecule has 5 rings (SSSR count). The van der Waals surface area contributed by atoms with Gasteiger partial charge in [0.05, 0.1) is 23.6 Å². The fraction of sp³-hybridized carbons (Fsp3) is 0.185. The second-order valence-corrected chi connectivity index (χ2v) is 11.4. The predicted molar refractivity (Wildman–Crippen MR) is 143 cm³/mol. The number of rotatable bonds is 9. The van der Waals surface area contributed by atoms with Crippen LogP contribution in [-0.2, 0) is 21.3 Å². The molecule has 0 spiro atoms. The Morgan fingerprint density at radius 1 is 0.917 bits per heavy atom. The third-order valence-corrected chi connectivity index (χ3v) is 8.83. The molecule has 2 heterocycles. The van der Waals surface area contributed by atoms with E-state index < -0.39 is 10.0 Å². The first-order chi connectivity index (χ1) is 17.5. The molecular weight excluding hydrogens is 492 g/mol. The van der Waals surface area contributed by atoms with Crippen molar-refractivity contribution >= 4 is 32.7 Å². The van der Waals surface area contributed by atoms with Gasteiger partial charge in [-0.05, 0) is 30.7 Å². The molecule has 5 aromatic rings. The summed E-state index contributed by atoms with van der Waals surface area (Å²) in [6.07, 6.45) is 1.65. The van der Waals surface area contributed by atoms with Gasteiger partial charge in [0.15, 0.2) is 11.0 Å². The monoisotopic (exact) mass is 518 g/mol. The summed E-state index contributed by atoms with van der Waals surface area (Å²) in [6.45, 7) is 3.14. The zero-order chi connectivity index (χ0) is 25.1. The summed E-state index contributed by atoms with van der Waals surface area (Å²) in [7, 11) is -2.15. The average molecular weight is 519 g/mol. The van der Waals surface area contributed by atoms with Crippen molar-refractivity contribution in [3.63, 3.8) is 0 Å². The highest BCUT2D eigenvalue weighted by Crippen LogP contribution is 2.37. The van der Waals surface area contributed by atoms with Crippen LogP contribution in [0.15, 0.2) is 101 Å². The van der Waals surface area contributed by atoms with Gasteiger partial charge in [0.2, 0.25) is 0 Å². The Bertz CT molecular complexity index is 1580. The van der Waals surface area contributed by atoms with Gasteiger partial charge in [-0.1, -0.05) is 78.5 Å². The Labute approximate surface area is 214 Å². The van der Waals surface area contributed by atoms with Gasteiger partial charge in [0.1, 0.15) is 0 Å². The molecule has 0 fully saturated rings. The number of fused-ring (bicyclic) bond motifs is 1. The maximum Gasteiger partial charge on any atom is 0.268 e.